The van der Waals surface area contributed by atoms with Crippen LogP contribution >= 0.6 is 0 Å². The lowest BCUT2D eigenvalue weighted by atomic mass is 10.2. The SMILES string of the molecule is CCN1C(=N)CCN1S(=O)(=O)c1ccc(C)cc1. The molecule has 1 N–H and O–H groups in total. The smallest absolute Gasteiger partial charge is 0.260 e. The van der Waals surface area contributed by atoms with Crippen molar-refractivity contribution >= 4 is 15.9 Å². The monoisotopic (exact) mass is 267 g/mol. The molecule has 1 saturated heterocycles. The Morgan fingerprint density at radius 2 is 1.89 bits per heavy atom. The van der Waals surface area contributed by atoms with Crippen LogP contribution < -0.4 is 0 Å². The van der Waals surface area contributed by atoms with E-state index in [1.54, 1.807) is 24.3 Å². The van der Waals surface area contributed by atoms with Crippen molar-refractivity contribution in [3.05, 3.63) is 29.8 Å². The molecule has 0 bridgehead atoms. The second kappa shape index (κ2) is 4.70. The molecule has 0 spiro atoms. The van der Waals surface area contributed by atoms with Gasteiger partial charge in [-0.05, 0) is 26.0 Å². The van der Waals surface area contributed by atoms with Crippen molar-refractivity contribution in [2.45, 2.75) is 25.2 Å². The van der Waals surface area contributed by atoms with Crippen LogP contribution in [0.25, 0.3) is 0 Å². The van der Waals surface area contributed by atoms with Crippen molar-refractivity contribution in [2.75, 3.05) is 13.1 Å². The van der Waals surface area contributed by atoms with Gasteiger partial charge < -0.3 is 0 Å². The normalized spacial score (nSPS) is 17.4. The first kappa shape index (κ1) is 13.0. The summed E-state index contributed by atoms with van der Waals surface area (Å²) in [6.45, 7) is 4.60. The van der Waals surface area contributed by atoms with E-state index in [-0.39, 0.29) is 4.90 Å². The van der Waals surface area contributed by atoms with Gasteiger partial charge in [-0.1, -0.05) is 17.7 Å². The standard InChI is InChI=1S/C12H17N3O2S/c1-3-14-12(13)8-9-15(14)18(16,17)11-6-4-10(2)5-7-11/h4-7,13H,3,8-9H2,1-2H3. The first-order valence-corrected chi connectivity index (χ1v) is 7.35. The first-order valence-electron chi connectivity index (χ1n) is 5.91. The summed E-state index contributed by atoms with van der Waals surface area (Å²) in [5.74, 6) is 0.355. The topological polar surface area (TPSA) is 64.5 Å². The van der Waals surface area contributed by atoms with Gasteiger partial charge in [0, 0.05) is 19.5 Å². The van der Waals surface area contributed by atoms with E-state index in [1.165, 1.54) is 9.42 Å². The Morgan fingerprint density at radius 3 is 2.44 bits per heavy atom. The fourth-order valence-electron chi connectivity index (χ4n) is 2.02. The molecule has 1 aromatic rings. The van der Waals surface area contributed by atoms with Gasteiger partial charge >= 0.3 is 0 Å². The highest BCUT2D eigenvalue weighted by molar-refractivity contribution is 7.89. The largest absolute Gasteiger partial charge is 0.287 e. The van der Waals surface area contributed by atoms with E-state index in [1.807, 2.05) is 13.8 Å². The number of hydrogen-bond donors (Lipinski definition) is 1. The van der Waals surface area contributed by atoms with Crippen molar-refractivity contribution in [1.29, 1.82) is 5.41 Å². The minimum Gasteiger partial charge on any atom is -0.287 e. The molecule has 0 radical (unpaired) electrons. The third kappa shape index (κ3) is 2.13. The number of amidine groups is 1. The molecule has 1 fully saturated rings. The molecule has 5 nitrogen and oxygen atoms in total. The highest BCUT2D eigenvalue weighted by atomic mass is 32.2. The maximum atomic E-state index is 12.4. The Labute approximate surface area is 108 Å². The van der Waals surface area contributed by atoms with E-state index >= 15 is 0 Å². The van der Waals surface area contributed by atoms with Crippen molar-refractivity contribution in [1.82, 2.24) is 9.42 Å². The summed E-state index contributed by atoms with van der Waals surface area (Å²) >= 11 is 0. The second-order valence-corrected chi connectivity index (χ2v) is 6.12. The molecule has 18 heavy (non-hydrogen) atoms. The predicted octanol–water partition coefficient (Wildman–Crippen LogP) is 1.60. The van der Waals surface area contributed by atoms with Gasteiger partial charge in [-0.25, -0.2) is 8.42 Å². The number of nitrogens with zero attached hydrogens (tertiary/aromatic N) is 2. The third-order valence-electron chi connectivity index (χ3n) is 3.02. The average molecular weight is 267 g/mol. The molecule has 1 aliphatic heterocycles. The molecule has 1 heterocycles. The summed E-state index contributed by atoms with van der Waals surface area (Å²) in [5.41, 5.74) is 1.02. The molecular weight excluding hydrogens is 250 g/mol. The quantitative estimate of drug-likeness (QED) is 0.904. The fraction of sp³-hybridized carbons (Fsp3) is 0.417. The zero-order chi connectivity index (χ0) is 13.3. The summed E-state index contributed by atoms with van der Waals surface area (Å²) in [5, 5.41) is 9.24. The summed E-state index contributed by atoms with van der Waals surface area (Å²) in [7, 11) is -3.53. The molecule has 6 heteroatoms. The first-order chi connectivity index (χ1) is 8.46. The minimum atomic E-state index is -3.53. The van der Waals surface area contributed by atoms with Crippen LogP contribution in [-0.2, 0) is 10.0 Å². The maximum absolute atomic E-state index is 12.4. The van der Waals surface area contributed by atoms with Gasteiger partial charge in [-0.3, -0.25) is 10.4 Å². The van der Waals surface area contributed by atoms with Crippen LogP contribution in [0.2, 0.25) is 0 Å². The third-order valence-corrected chi connectivity index (χ3v) is 4.82. The van der Waals surface area contributed by atoms with E-state index in [4.69, 9.17) is 5.41 Å². The Hall–Kier alpha value is -1.40. The summed E-state index contributed by atoms with van der Waals surface area (Å²) in [6.07, 6.45) is 0.471. The van der Waals surface area contributed by atoms with E-state index in [0.29, 0.717) is 25.3 Å². The molecule has 1 aromatic carbocycles. The Bertz CT molecular complexity index is 551. The number of sulfonamides is 1. The molecule has 98 valence electrons. The highest BCUT2D eigenvalue weighted by Gasteiger charge is 2.35. The molecule has 0 amide bonds. The van der Waals surface area contributed by atoms with Gasteiger partial charge in [0.25, 0.3) is 10.0 Å². The van der Waals surface area contributed by atoms with Crippen molar-refractivity contribution in [3.63, 3.8) is 0 Å². The Kier molecular flexibility index (Phi) is 3.41. The molecule has 0 saturated carbocycles. The number of nitrogens with one attached hydrogen (secondary N) is 1. The van der Waals surface area contributed by atoms with Gasteiger partial charge in [-0.2, -0.15) is 0 Å². The van der Waals surface area contributed by atoms with Crippen LogP contribution in [0.3, 0.4) is 0 Å². The van der Waals surface area contributed by atoms with Crippen LogP contribution in [-0.4, -0.2) is 36.8 Å². The van der Waals surface area contributed by atoms with Gasteiger partial charge in [0.15, 0.2) is 0 Å². The van der Waals surface area contributed by atoms with Crippen LogP contribution in [0.4, 0.5) is 0 Å². The predicted molar refractivity (Wildman–Crippen MR) is 69.8 cm³/mol. The lowest BCUT2D eigenvalue weighted by molar-refractivity contribution is 0.190. The maximum Gasteiger partial charge on any atom is 0.260 e. The minimum absolute atomic E-state index is 0.279. The van der Waals surface area contributed by atoms with E-state index in [0.717, 1.165) is 5.56 Å². The zero-order valence-corrected chi connectivity index (χ0v) is 11.4. The van der Waals surface area contributed by atoms with E-state index in [9.17, 15) is 8.42 Å². The zero-order valence-electron chi connectivity index (χ0n) is 10.5. The van der Waals surface area contributed by atoms with Crippen molar-refractivity contribution in [2.24, 2.45) is 0 Å². The summed E-state index contributed by atoms with van der Waals surface area (Å²) < 4.78 is 26.2. The van der Waals surface area contributed by atoms with Gasteiger partial charge in [0.1, 0.15) is 5.84 Å². The fourth-order valence-corrected chi connectivity index (χ4v) is 3.54. The number of rotatable bonds is 3. The Morgan fingerprint density at radius 1 is 1.28 bits per heavy atom. The van der Waals surface area contributed by atoms with Crippen LogP contribution in [0.5, 0.6) is 0 Å². The Balaban J connectivity index is 2.37. The molecule has 0 aliphatic carbocycles. The van der Waals surface area contributed by atoms with Crippen LogP contribution in [0, 0.1) is 12.3 Å². The number of hydrazine groups is 1. The van der Waals surface area contributed by atoms with Gasteiger partial charge in [0.2, 0.25) is 0 Å². The molecule has 2 rings (SSSR count). The molecule has 0 aromatic heterocycles. The van der Waals surface area contributed by atoms with Crippen LogP contribution in [0.15, 0.2) is 29.2 Å². The lowest BCUT2D eigenvalue weighted by Gasteiger charge is -2.27. The molecule has 0 atom stereocenters. The molecule has 0 unspecified atom stereocenters. The average Bonchev–Trinajstić information content (AvgIpc) is 2.71. The lowest BCUT2D eigenvalue weighted by Crippen LogP contribution is -2.42. The molecule has 1 aliphatic rings. The number of hydrogen-bond acceptors (Lipinski definition) is 3. The molecular formula is C12H17N3O2S. The van der Waals surface area contributed by atoms with Crippen molar-refractivity contribution < 1.29 is 8.42 Å². The highest BCUT2D eigenvalue weighted by Crippen LogP contribution is 2.23. The summed E-state index contributed by atoms with van der Waals surface area (Å²) in [6, 6.07) is 6.79. The van der Waals surface area contributed by atoms with Crippen molar-refractivity contribution in [3.8, 4) is 0 Å². The van der Waals surface area contributed by atoms with Gasteiger partial charge in [-0.15, -0.1) is 4.41 Å². The second-order valence-electron chi connectivity index (χ2n) is 4.28. The van der Waals surface area contributed by atoms with E-state index in [2.05, 4.69) is 0 Å². The van der Waals surface area contributed by atoms with Gasteiger partial charge in [0.05, 0.1) is 4.90 Å². The number of aryl methyl sites for hydroxylation is 1. The summed E-state index contributed by atoms with van der Waals surface area (Å²) in [4.78, 5) is 0.279. The van der Waals surface area contributed by atoms with Crippen LogP contribution in [0.1, 0.15) is 18.9 Å². The number of benzene rings is 1. The van der Waals surface area contributed by atoms with E-state index < -0.39 is 10.0 Å².